The summed E-state index contributed by atoms with van der Waals surface area (Å²) in [6, 6.07) is 9.64. The number of aromatic nitrogens is 1. The van der Waals surface area contributed by atoms with Gasteiger partial charge in [-0.1, -0.05) is 6.07 Å². The van der Waals surface area contributed by atoms with E-state index in [9.17, 15) is 4.79 Å². The van der Waals surface area contributed by atoms with Crippen molar-refractivity contribution >= 4 is 5.91 Å². The summed E-state index contributed by atoms with van der Waals surface area (Å²) in [5.41, 5.74) is 2.77. The van der Waals surface area contributed by atoms with Crippen molar-refractivity contribution in [2.75, 3.05) is 26.3 Å². The van der Waals surface area contributed by atoms with E-state index in [1.165, 1.54) is 5.56 Å². The molecule has 1 amide bonds. The lowest BCUT2D eigenvalue weighted by molar-refractivity contribution is -0.122. The molecule has 0 radical (unpaired) electrons. The SMILES string of the molecule is O=C(c1ccc2c(c1)COC2)N1CC2(C1)OCC[C@H]2COc1cccnc1. The van der Waals surface area contributed by atoms with E-state index in [0.717, 1.165) is 29.9 Å². The molecule has 2 saturated heterocycles. The van der Waals surface area contributed by atoms with Gasteiger partial charge in [0.05, 0.1) is 39.1 Å². The van der Waals surface area contributed by atoms with Crippen molar-refractivity contribution in [2.45, 2.75) is 25.2 Å². The summed E-state index contributed by atoms with van der Waals surface area (Å²) in [5, 5.41) is 0. The van der Waals surface area contributed by atoms with Crippen LogP contribution in [0.2, 0.25) is 0 Å². The number of carbonyl (C=O) groups is 1. The van der Waals surface area contributed by atoms with Gasteiger partial charge in [0.1, 0.15) is 11.4 Å². The first-order valence-electron chi connectivity index (χ1n) is 9.39. The molecule has 140 valence electrons. The molecule has 2 fully saturated rings. The lowest BCUT2D eigenvalue weighted by Crippen LogP contribution is -2.66. The van der Waals surface area contributed by atoms with Gasteiger partial charge in [0, 0.05) is 24.3 Å². The minimum atomic E-state index is -0.266. The quantitative estimate of drug-likeness (QED) is 0.832. The first-order chi connectivity index (χ1) is 13.2. The lowest BCUT2D eigenvalue weighted by Gasteiger charge is -2.50. The second kappa shape index (κ2) is 6.62. The summed E-state index contributed by atoms with van der Waals surface area (Å²) >= 11 is 0. The molecule has 0 aliphatic carbocycles. The topological polar surface area (TPSA) is 60.9 Å². The molecule has 1 aromatic heterocycles. The Morgan fingerprint density at radius 2 is 2.15 bits per heavy atom. The molecule has 0 N–H and O–H groups in total. The molecule has 1 spiro atoms. The third kappa shape index (κ3) is 2.99. The Morgan fingerprint density at radius 3 is 3.00 bits per heavy atom. The third-order valence-electron chi connectivity index (χ3n) is 5.86. The van der Waals surface area contributed by atoms with Gasteiger partial charge in [-0.2, -0.15) is 0 Å². The molecular formula is C21H22N2O4. The molecule has 0 saturated carbocycles. The molecule has 1 atom stereocenters. The maximum atomic E-state index is 12.8. The van der Waals surface area contributed by atoms with Crippen LogP contribution in [0.4, 0.5) is 0 Å². The van der Waals surface area contributed by atoms with Gasteiger partial charge in [0.25, 0.3) is 5.91 Å². The Hall–Kier alpha value is -2.44. The fraction of sp³-hybridized carbons (Fsp3) is 0.429. The summed E-state index contributed by atoms with van der Waals surface area (Å²) in [6.45, 7) is 3.80. The first-order valence-corrected chi connectivity index (χ1v) is 9.39. The summed E-state index contributed by atoms with van der Waals surface area (Å²) in [5.74, 6) is 1.13. The standard InChI is InChI=1S/C21H22N2O4/c24-20(15-3-4-16-10-25-11-17(16)8-15)23-13-21(14-23)18(5-7-27-21)12-26-19-2-1-6-22-9-19/h1-4,6,8-9,18H,5,7,10-14H2/t18-/m0/s1. The second-order valence-corrected chi connectivity index (χ2v) is 7.54. The first kappa shape index (κ1) is 16.7. The van der Waals surface area contributed by atoms with Crippen LogP contribution in [-0.2, 0) is 22.7 Å². The number of fused-ring (bicyclic) bond motifs is 1. The van der Waals surface area contributed by atoms with E-state index >= 15 is 0 Å². The predicted molar refractivity (Wildman–Crippen MR) is 97.4 cm³/mol. The highest BCUT2D eigenvalue weighted by Crippen LogP contribution is 2.41. The number of hydrogen-bond donors (Lipinski definition) is 0. The average molecular weight is 366 g/mol. The van der Waals surface area contributed by atoms with Crippen LogP contribution < -0.4 is 4.74 Å². The molecule has 5 rings (SSSR count). The average Bonchev–Trinajstić information content (AvgIpc) is 3.31. The highest BCUT2D eigenvalue weighted by atomic mass is 16.5. The lowest BCUT2D eigenvalue weighted by atomic mass is 9.81. The van der Waals surface area contributed by atoms with Crippen molar-refractivity contribution in [3.63, 3.8) is 0 Å². The van der Waals surface area contributed by atoms with Crippen LogP contribution >= 0.6 is 0 Å². The molecule has 6 nitrogen and oxygen atoms in total. The zero-order valence-corrected chi connectivity index (χ0v) is 15.1. The monoisotopic (exact) mass is 366 g/mol. The summed E-state index contributed by atoms with van der Waals surface area (Å²) in [6.07, 6.45) is 4.41. The number of rotatable bonds is 4. The van der Waals surface area contributed by atoms with Crippen LogP contribution in [0, 0.1) is 5.92 Å². The van der Waals surface area contributed by atoms with E-state index in [1.54, 1.807) is 12.4 Å². The van der Waals surface area contributed by atoms with Crippen molar-refractivity contribution < 1.29 is 19.0 Å². The van der Waals surface area contributed by atoms with E-state index < -0.39 is 0 Å². The van der Waals surface area contributed by atoms with E-state index in [1.807, 2.05) is 35.2 Å². The number of nitrogens with zero attached hydrogens (tertiary/aromatic N) is 2. The van der Waals surface area contributed by atoms with Gasteiger partial charge >= 0.3 is 0 Å². The Labute approximate surface area is 158 Å². The molecule has 4 heterocycles. The number of hydrogen-bond acceptors (Lipinski definition) is 5. The maximum Gasteiger partial charge on any atom is 0.254 e. The van der Waals surface area contributed by atoms with Crippen molar-refractivity contribution in [1.82, 2.24) is 9.88 Å². The minimum absolute atomic E-state index is 0.0674. The van der Waals surface area contributed by atoms with Crippen LogP contribution in [0.5, 0.6) is 5.75 Å². The largest absolute Gasteiger partial charge is 0.492 e. The van der Waals surface area contributed by atoms with Crippen LogP contribution in [0.1, 0.15) is 27.9 Å². The summed E-state index contributed by atoms with van der Waals surface area (Å²) in [4.78, 5) is 18.8. The summed E-state index contributed by atoms with van der Waals surface area (Å²) < 4.78 is 17.4. The van der Waals surface area contributed by atoms with E-state index in [2.05, 4.69) is 4.98 Å². The Morgan fingerprint density at radius 1 is 1.26 bits per heavy atom. The third-order valence-corrected chi connectivity index (χ3v) is 5.86. The highest BCUT2D eigenvalue weighted by Gasteiger charge is 2.54. The van der Waals surface area contributed by atoms with Crippen LogP contribution in [0.25, 0.3) is 0 Å². The number of likely N-dealkylation sites (tertiary alicyclic amines) is 1. The summed E-state index contributed by atoms with van der Waals surface area (Å²) in [7, 11) is 0. The van der Waals surface area contributed by atoms with Gasteiger partial charge in [0.15, 0.2) is 0 Å². The van der Waals surface area contributed by atoms with Gasteiger partial charge in [-0.05, 0) is 41.8 Å². The van der Waals surface area contributed by atoms with Crippen molar-refractivity contribution in [2.24, 2.45) is 5.92 Å². The van der Waals surface area contributed by atoms with E-state index in [0.29, 0.717) is 32.9 Å². The van der Waals surface area contributed by atoms with Crippen molar-refractivity contribution in [3.8, 4) is 5.75 Å². The molecule has 0 bridgehead atoms. The number of benzene rings is 1. The fourth-order valence-electron chi connectivity index (χ4n) is 4.23. The number of amides is 1. The molecule has 1 aromatic carbocycles. The Kier molecular flexibility index (Phi) is 4.10. The molecule has 0 unspecified atom stereocenters. The van der Waals surface area contributed by atoms with Crippen molar-refractivity contribution in [3.05, 3.63) is 59.4 Å². The number of pyridine rings is 1. The van der Waals surface area contributed by atoms with Crippen LogP contribution in [0.15, 0.2) is 42.7 Å². The zero-order chi connectivity index (χ0) is 18.3. The smallest absolute Gasteiger partial charge is 0.254 e. The van der Waals surface area contributed by atoms with Gasteiger partial charge in [0.2, 0.25) is 0 Å². The molecule has 3 aliphatic rings. The minimum Gasteiger partial charge on any atom is -0.492 e. The van der Waals surface area contributed by atoms with Gasteiger partial charge in [-0.15, -0.1) is 0 Å². The number of ether oxygens (including phenoxy) is 3. The van der Waals surface area contributed by atoms with Gasteiger partial charge in [-0.25, -0.2) is 0 Å². The Bertz CT molecular complexity index is 849. The molecule has 27 heavy (non-hydrogen) atoms. The second-order valence-electron chi connectivity index (χ2n) is 7.54. The molecular weight excluding hydrogens is 344 g/mol. The molecule has 3 aliphatic heterocycles. The predicted octanol–water partition coefficient (Wildman–Crippen LogP) is 2.42. The van der Waals surface area contributed by atoms with Gasteiger partial charge < -0.3 is 19.1 Å². The van der Waals surface area contributed by atoms with Crippen LogP contribution in [-0.4, -0.2) is 47.7 Å². The molecule has 6 heteroatoms. The highest BCUT2D eigenvalue weighted by molar-refractivity contribution is 5.95. The molecule has 2 aromatic rings. The number of carbonyl (C=O) groups excluding carboxylic acids is 1. The van der Waals surface area contributed by atoms with Crippen LogP contribution in [0.3, 0.4) is 0 Å². The zero-order valence-electron chi connectivity index (χ0n) is 15.1. The normalized spacial score (nSPS) is 22.5. The van der Waals surface area contributed by atoms with E-state index in [-0.39, 0.29) is 17.4 Å². The maximum absolute atomic E-state index is 12.8. The van der Waals surface area contributed by atoms with E-state index in [4.69, 9.17) is 14.2 Å². The fourth-order valence-corrected chi connectivity index (χ4v) is 4.23. The van der Waals surface area contributed by atoms with Gasteiger partial charge in [-0.3, -0.25) is 9.78 Å². The van der Waals surface area contributed by atoms with Crippen molar-refractivity contribution in [1.29, 1.82) is 0 Å². The Balaban J connectivity index is 1.22.